The fourth-order valence-corrected chi connectivity index (χ4v) is 4.02. The van der Waals surface area contributed by atoms with Gasteiger partial charge in [0.2, 0.25) is 5.91 Å². The molecule has 1 aromatic rings. The summed E-state index contributed by atoms with van der Waals surface area (Å²) in [4.78, 5) is 50.7. The lowest BCUT2D eigenvalue weighted by atomic mass is 9.97. The Hall–Kier alpha value is -2.97. The molecule has 0 saturated carbocycles. The molecule has 0 radical (unpaired) electrons. The van der Waals surface area contributed by atoms with Crippen LogP contribution in [0.1, 0.15) is 41.6 Å². The number of rotatable bonds is 4. The van der Waals surface area contributed by atoms with Gasteiger partial charge in [-0.15, -0.1) is 0 Å². The minimum absolute atomic E-state index is 0.0568. The molecular weight excluding hydrogens is 366 g/mol. The van der Waals surface area contributed by atoms with Crippen molar-refractivity contribution >= 4 is 23.5 Å². The molecule has 2 aliphatic rings. The minimum Gasteiger partial charge on any atom is -0.481 e. The summed E-state index contributed by atoms with van der Waals surface area (Å²) in [6, 6.07) is 3.57. The van der Waals surface area contributed by atoms with E-state index in [1.54, 1.807) is 11.8 Å². The molecule has 1 aromatic carbocycles. The maximum Gasteiger partial charge on any atom is 0.308 e. The van der Waals surface area contributed by atoms with Crippen LogP contribution >= 0.6 is 0 Å². The Bertz CT molecular complexity index is 824. The lowest BCUT2D eigenvalue weighted by Gasteiger charge is -2.35. The summed E-state index contributed by atoms with van der Waals surface area (Å²) in [6.45, 7) is 2.67. The first kappa shape index (κ1) is 19.8. The van der Waals surface area contributed by atoms with Gasteiger partial charge in [0, 0.05) is 36.8 Å². The van der Waals surface area contributed by atoms with Crippen LogP contribution in [0.25, 0.3) is 0 Å². The first-order valence-corrected chi connectivity index (χ1v) is 9.37. The van der Waals surface area contributed by atoms with Crippen LogP contribution in [0.5, 0.6) is 0 Å². The van der Waals surface area contributed by atoms with Gasteiger partial charge in [0.1, 0.15) is 6.04 Å². The van der Waals surface area contributed by atoms with Gasteiger partial charge in [0.15, 0.2) is 0 Å². The van der Waals surface area contributed by atoms with E-state index in [2.05, 4.69) is 0 Å². The summed E-state index contributed by atoms with van der Waals surface area (Å²) in [6.07, 6.45) is 2.40. The van der Waals surface area contributed by atoms with Crippen molar-refractivity contribution in [3.63, 3.8) is 0 Å². The molecular formula is C19H23N3O6. The summed E-state index contributed by atoms with van der Waals surface area (Å²) >= 11 is 0. The highest BCUT2D eigenvalue weighted by Gasteiger charge is 2.39. The number of benzene rings is 1. The van der Waals surface area contributed by atoms with E-state index in [9.17, 15) is 29.6 Å². The molecule has 150 valence electrons. The predicted octanol–water partition coefficient (Wildman–Crippen LogP) is 1.83. The fraction of sp³-hybridized carbons (Fsp3) is 0.526. The van der Waals surface area contributed by atoms with Crippen molar-refractivity contribution in [2.24, 2.45) is 5.92 Å². The topological polar surface area (TPSA) is 121 Å². The van der Waals surface area contributed by atoms with E-state index in [-0.39, 0.29) is 24.0 Å². The zero-order valence-electron chi connectivity index (χ0n) is 15.7. The molecule has 3 rings (SSSR count). The SMILES string of the molecule is Cc1cc(C(=O)N2CCCC2C(=O)N2CCCC(C(=O)O)C2)ccc1[N+](=O)[O-]. The number of amides is 2. The van der Waals surface area contributed by atoms with Crippen molar-refractivity contribution in [3.8, 4) is 0 Å². The Morgan fingerprint density at radius 2 is 1.89 bits per heavy atom. The molecule has 9 nitrogen and oxygen atoms in total. The minimum atomic E-state index is -0.904. The molecule has 0 bridgehead atoms. The van der Waals surface area contributed by atoms with Gasteiger partial charge >= 0.3 is 5.97 Å². The number of aryl methyl sites for hydroxylation is 1. The molecule has 2 fully saturated rings. The van der Waals surface area contributed by atoms with E-state index in [1.807, 2.05) is 0 Å². The lowest BCUT2D eigenvalue weighted by molar-refractivity contribution is -0.385. The Balaban J connectivity index is 1.76. The number of carbonyl (C=O) groups excluding carboxylic acids is 2. The molecule has 0 spiro atoms. The fourth-order valence-electron chi connectivity index (χ4n) is 4.02. The summed E-state index contributed by atoms with van der Waals surface area (Å²) in [5.41, 5.74) is 0.640. The van der Waals surface area contributed by atoms with Crippen LogP contribution < -0.4 is 0 Å². The third-order valence-electron chi connectivity index (χ3n) is 5.52. The van der Waals surface area contributed by atoms with Gasteiger partial charge in [-0.3, -0.25) is 24.5 Å². The average Bonchev–Trinajstić information content (AvgIpc) is 3.16. The summed E-state index contributed by atoms with van der Waals surface area (Å²) in [5.74, 6) is -2.02. The number of carboxylic acids is 1. The van der Waals surface area contributed by atoms with Gasteiger partial charge in [-0.05, 0) is 44.7 Å². The van der Waals surface area contributed by atoms with E-state index >= 15 is 0 Å². The number of aliphatic carboxylic acids is 1. The van der Waals surface area contributed by atoms with E-state index < -0.39 is 22.9 Å². The van der Waals surface area contributed by atoms with Gasteiger partial charge in [-0.2, -0.15) is 0 Å². The van der Waals surface area contributed by atoms with Crippen molar-refractivity contribution in [1.29, 1.82) is 0 Å². The van der Waals surface area contributed by atoms with E-state index in [4.69, 9.17) is 0 Å². The number of nitro benzene ring substituents is 1. The normalized spacial score (nSPS) is 22.2. The van der Waals surface area contributed by atoms with Gasteiger partial charge in [-0.1, -0.05) is 0 Å². The number of hydrogen-bond donors (Lipinski definition) is 1. The molecule has 2 heterocycles. The second-order valence-corrected chi connectivity index (χ2v) is 7.38. The van der Waals surface area contributed by atoms with Gasteiger partial charge in [0.05, 0.1) is 10.8 Å². The number of nitrogens with zero attached hydrogens (tertiary/aromatic N) is 3. The first-order valence-electron chi connectivity index (χ1n) is 9.37. The van der Waals surface area contributed by atoms with E-state index in [0.717, 1.165) is 0 Å². The van der Waals surface area contributed by atoms with Gasteiger partial charge in [0.25, 0.3) is 11.6 Å². The molecule has 0 aromatic heterocycles. The summed E-state index contributed by atoms with van der Waals surface area (Å²) in [5, 5.41) is 20.2. The maximum atomic E-state index is 13.0. The van der Waals surface area contributed by atoms with Gasteiger partial charge < -0.3 is 14.9 Å². The third kappa shape index (κ3) is 3.83. The molecule has 28 heavy (non-hydrogen) atoms. The molecule has 2 unspecified atom stereocenters. The number of likely N-dealkylation sites (tertiary alicyclic amines) is 2. The molecule has 0 aliphatic carbocycles. The smallest absolute Gasteiger partial charge is 0.308 e. The van der Waals surface area contributed by atoms with Crippen molar-refractivity contribution in [3.05, 3.63) is 39.4 Å². The second-order valence-electron chi connectivity index (χ2n) is 7.38. The number of nitro groups is 1. The van der Waals surface area contributed by atoms with Crippen LogP contribution in [0.3, 0.4) is 0 Å². The summed E-state index contributed by atoms with van der Waals surface area (Å²) in [7, 11) is 0. The van der Waals surface area contributed by atoms with Crippen LogP contribution in [0.15, 0.2) is 18.2 Å². The van der Waals surface area contributed by atoms with E-state index in [0.29, 0.717) is 49.9 Å². The molecule has 2 aliphatic heterocycles. The standard InChI is InChI=1S/C19H23N3O6/c1-12-10-13(6-7-15(12)22(27)28)17(23)21-9-3-5-16(21)18(24)20-8-2-4-14(11-20)19(25)26/h6-7,10,14,16H,2-5,8-9,11H2,1H3,(H,25,26). The van der Waals surface area contributed by atoms with Crippen LogP contribution in [0, 0.1) is 23.0 Å². The van der Waals surface area contributed by atoms with Crippen LogP contribution in [0.2, 0.25) is 0 Å². The van der Waals surface area contributed by atoms with Crippen LogP contribution in [-0.4, -0.2) is 63.3 Å². The maximum absolute atomic E-state index is 13.0. The second kappa shape index (κ2) is 7.95. The Morgan fingerprint density at radius 3 is 2.54 bits per heavy atom. The van der Waals surface area contributed by atoms with E-state index in [1.165, 1.54) is 23.1 Å². The number of carboxylic acid groups (broad SMARTS) is 1. The number of hydrogen-bond acceptors (Lipinski definition) is 5. The Morgan fingerprint density at radius 1 is 1.18 bits per heavy atom. The highest BCUT2D eigenvalue weighted by molar-refractivity contribution is 5.98. The monoisotopic (exact) mass is 389 g/mol. The van der Waals surface area contributed by atoms with Crippen molar-refractivity contribution in [1.82, 2.24) is 9.80 Å². The Labute approximate surface area is 162 Å². The van der Waals surface area contributed by atoms with Crippen molar-refractivity contribution in [2.45, 2.75) is 38.6 Å². The predicted molar refractivity (Wildman–Crippen MR) is 98.8 cm³/mol. The molecule has 2 atom stereocenters. The lowest BCUT2D eigenvalue weighted by Crippen LogP contribution is -2.51. The average molecular weight is 389 g/mol. The number of piperidine rings is 1. The third-order valence-corrected chi connectivity index (χ3v) is 5.52. The van der Waals surface area contributed by atoms with Crippen molar-refractivity contribution in [2.75, 3.05) is 19.6 Å². The zero-order chi connectivity index (χ0) is 20.4. The highest BCUT2D eigenvalue weighted by Crippen LogP contribution is 2.26. The first-order chi connectivity index (χ1) is 13.3. The largest absolute Gasteiger partial charge is 0.481 e. The highest BCUT2D eigenvalue weighted by atomic mass is 16.6. The van der Waals surface area contributed by atoms with Crippen molar-refractivity contribution < 1.29 is 24.4 Å². The molecule has 1 N–H and O–H groups in total. The zero-order valence-corrected chi connectivity index (χ0v) is 15.7. The van der Waals surface area contributed by atoms with Crippen LogP contribution in [-0.2, 0) is 9.59 Å². The molecule has 9 heteroatoms. The number of carbonyl (C=O) groups is 3. The van der Waals surface area contributed by atoms with Gasteiger partial charge in [-0.25, -0.2) is 0 Å². The molecule has 2 saturated heterocycles. The quantitative estimate of drug-likeness (QED) is 0.619. The molecule has 2 amide bonds. The summed E-state index contributed by atoms with van der Waals surface area (Å²) < 4.78 is 0. The van der Waals surface area contributed by atoms with Crippen LogP contribution in [0.4, 0.5) is 5.69 Å². The Kier molecular flexibility index (Phi) is 5.62.